The summed E-state index contributed by atoms with van der Waals surface area (Å²) >= 11 is 0. The minimum Gasteiger partial charge on any atom is -0.345 e. The van der Waals surface area contributed by atoms with Gasteiger partial charge in [0.2, 0.25) is 5.91 Å². The first-order chi connectivity index (χ1) is 15.8. The molecule has 7 nitrogen and oxygen atoms in total. The summed E-state index contributed by atoms with van der Waals surface area (Å²) in [5.74, 6) is -2.04. The van der Waals surface area contributed by atoms with Gasteiger partial charge in [-0.15, -0.1) is 0 Å². The second-order valence-electron chi connectivity index (χ2n) is 9.07. The highest BCUT2D eigenvalue weighted by Crippen LogP contribution is 2.54. The molecule has 1 saturated heterocycles. The van der Waals surface area contributed by atoms with Gasteiger partial charge in [-0.25, -0.2) is 15.0 Å². The van der Waals surface area contributed by atoms with Crippen molar-refractivity contribution in [1.82, 2.24) is 24.5 Å². The van der Waals surface area contributed by atoms with Crippen LogP contribution in [0.15, 0.2) is 49.3 Å². The molecular weight excluding hydrogens is 426 g/mol. The van der Waals surface area contributed by atoms with Crippen LogP contribution in [0.4, 0.5) is 14.5 Å². The standard InChI is InChI=1S/C24H22F2N6O/c1-13-7-20(31-10-19(30-12-31)24(2,25)26)27-9-16(13)22-21(14-3-4-14)23(33)32(22)15-5-6-17-18(8-15)29-11-28-17/h5-12,14,21-22H,3-4H2,1-2H3,(H,28,29)/t21?,22-/m1/s1. The Morgan fingerprint density at radius 3 is 2.67 bits per heavy atom. The highest BCUT2D eigenvalue weighted by atomic mass is 19.3. The molecule has 9 heteroatoms. The molecule has 2 atom stereocenters. The summed E-state index contributed by atoms with van der Waals surface area (Å²) in [5.41, 5.74) is 4.16. The number of rotatable bonds is 5. The number of β-lactam (4-membered cyclic amide) rings is 1. The SMILES string of the molecule is Cc1cc(-n2cnc(C(C)(F)F)c2)ncc1[C@@H]1C(C2CC2)C(=O)N1c1ccc2[nH]cnc2c1. The van der Waals surface area contributed by atoms with Gasteiger partial charge in [0.1, 0.15) is 17.8 Å². The molecule has 1 aromatic carbocycles. The molecule has 3 aromatic heterocycles. The van der Waals surface area contributed by atoms with Crippen LogP contribution in [-0.4, -0.2) is 30.4 Å². The van der Waals surface area contributed by atoms with E-state index in [0.29, 0.717) is 11.7 Å². The maximum Gasteiger partial charge on any atom is 0.288 e. The molecule has 1 aliphatic carbocycles. The number of nitrogens with zero attached hydrogens (tertiary/aromatic N) is 5. The van der Waals surface area contributed by atoms with Crippen LogP contribution < -0.4 is 4.90 Å². The van der Waals surface area contributed by atoms with Gasteiger partial charge >= 0.3 is 0 Å². The van der Waals surface area contributed by atoms with Crippen LogP contribution >= 0.6 is 0 Å². The predicted molar refractivity (Wildman–Crippen MR) is 118 cm³/mol. The molecule has 1 N–H and O–H groups in total. The molecule has 2 fully saturated rings. The molecule has 2 aliphatic rings. The van der Waals surface area contributed by atoms with E-state index in [9.17, 15) is 13.6 Å². The van der Waals surface area contributed by atoms with Gasteiger partial charge in [0.25, 0.3) is 5.92 Å². The molecular formula is C24H22F2N6O. The molecule has 4 heterocycles. The van der Waals surface area contributed by atoms with Gasteiger partial charge in [-0.2, -0.15) is 8.78 Å². The molecule has 1 amide bonds. The lowest BCUT2D eigenvalue weighted by Crippen LogP contribution is -2.56. The normalized spacial score (nSPS) is 21.0. The molecule has 0 radical (unpaired) electrons. The number of halogens is 2. The number of aryl methyl sites for hydroxylation is 1. The zero-order chi connectivity index (χ0) is 22.9. The number of aromatic amines is 1. The molecule has 1 saturated carbocycles. The maximum absolute atomic E-state index is 13.6. The molecule has 1 unspecified atom stereocenters. The molecule has 33 heavy (non-hydrogen) atoms. The summed E-state index contributed by atoms with van der Waals surface area (Å²) in [6.45, 7) is 2.79. The van der Waals surface area contributed by atoms with Crippen molar-refractivity contribution in [3.05, 3.63) is 66.1 Å². The molecule has 168 valence electrons. The molecule has 4 aromatic rings. The number of benzene rings is 1. The first-order valence-corrected chi connectivity index (χ1v) is 11.0. The highest BCUT2D eigenvalue weighted by Gasteiger charge is 2.55. The van der Waals surface area contributed by atoms with Crippen LogP contribution in [0.5, 0.6) is 0 Å². The number of hydrogen-bond acceptors (Lipinski definition) is 4. The number of carbonyl (C=O) groups is 1. The van der Waals surface area contributed by atoms with Crippen molar-refractivity contribution in [2.75, 3.05) is 4.90 Å². The third kappa shape index (κ3) is 3.21. The number of imidazole rings is 2. The summed E-state index contributed by atoms with van der Waals surface area (Å²) in [6, 6.07) is 7.54. The van der Waals surface area contributed by atoms with Gasteiger partial charge in [-0.05, 0) is 61.1 Å². The van der Waals surface area contributed by atoms with Crippen molar-refractivity contribution >= 4 is 22.6 Å². The van der Waals surface area contributed by atoms with E-state index in [4.69, 9.17) is 0 Å². The Morgan fingerprint density at radius 2 is 1.97 bits per heavy atom. The molecule has 0 bridgehead atoms. The van der Waals surface area contributed by atoms with Crippen LogP contribution in [-0.2, 0) is 10.7 Å². The van der Waals surface area contributed by atoms with E-state index >= 15 is 0 Å². The number of anilines is 1. The molecule has 1 aliphatic heterocycles. The Labute approximate surface area is 188 Å². The number of H-pyrrole nitrogens is 1. The Hall–Kier alpha value is -3.62. The Morgan fingerprint density at radius 1 is 1.15 bits per heavy atom. The Kier molecular flexibility index (Phi) is 4.21. The third-order valence-corrected chi connectivity index (χ3v) is 6.71. The predicted octanol–water partition coefficient (Wildman–Crippen LogP) is 4.68. The smallest absolute Gasteiger partial charge is 0.288 e. The van der Waals surface area contributed by atoms with E-state index in [1.807, 2.05) is 36.1 Å². The second-order valence-corrected chi connectivity index (χ2v) is 9.07. The number of nitrogens with one attached hydrogen (secondary N) is 1. The Balaban J connectivity index is 1.37. The minimum absolute atomic E-state index is 0.0649. The van der Waals surface area contributed by atoms with E-state index in [1.54, 1.807) is 12.5 Å². The van der Waals surface area contributed by atoms with Crippen molar-refractivity contribution in [1.29, 1.82) is 0 Å². The zero-order valence-corrected chi connectivity index (χ0v) is 18.2. The van der Waals surface area contributed by atoms with E-state index in [2.05, 4.69) is 19.9 Å². The number of pyridine rings is 1. The number of fused-ring (bicyclic) bond motifs is 1. The fraction of sp³-hybridized carbons (Fsp3) is 0.333. The van der Waals surface area contributed by atoms with Crippen molar-refractivity contribution < 1.29 is 13.6 Å². The van der Waals surface area contributed by atoms with Crippen molar-refractivity contribution in [3.8, 4) is 5.82 Å². The van der Waals surface area contributed by atoms with E-state index in [0.717, 1.165) is 47.6 Å². The van der Waals surface area contributed by atoms with Crippen LogP contribution in [0.1, 0.15) is 42.6 Å². The fourth-order valence-corrected chi connectivity index (χ4v) is 4.79. The fourth-order valence-electron chi connectivity index (χ4n) is 4.79. The van der Waals surface area contributed by atoms with E-state index in [1.165, 1.54) is 17.1 Å². The third-order valence-electron chi connectivity index (χ3n) is 6.71. The summed E-state index contributed by atoms with van der Waals surface area (Å²) < 4.78 is 28.7. The maximum atomic E-state index is 13.6. The van der Waals surface area contributed by atoms with Gasteiger partial charge < -0.3 is 9.88 Å². The van der Waals surface area contributed by atoms with Gasteiger partial charge in [0.05, 0.1) is 29.3 Å². The average molecular weight is 448 g/mol. The summed E-state index contributed by atoms with van der Waals surface area (Å²) in [7, 11) is 0. The number of aromatic nitrogens is 5. The van der Waals surface area contributed by atoms with Crippen molar-refractivity contribution in [2.45, 2.75) is 38.7 Å². The van der Waals surface area contributed by atoms with Crippen molar-refractivity contribution in [3.63, 3.8) is 0 Å². The minimum atomic E-state index is -3.01. The van der Waals surface area contributed by atoms with Crippen LogP contribution in [0.2, 0.25) is 0 Å². The summed E-state index contributed by atoms with van der Waals surface area (Å²) in [4.78, 5) is 30.8. The Bertz CT molecular complexity index is 1380. The van der Waals surface area contributed by atoms with Crippen LogP contribution in [0.3, 0.4) is 0 Å². The van der Waals surface area contributed by atoms with Crippen molar-refractivity contribution in [2.24, 2.45) is 11.8 Å². The number of hydrogen-bond donors (Lipinski definition) is 1. The second kappa shape index (κ2) is 6.94. The lowest BCUT2D eigenvalue weighted by atomic mass is 9.78. The quantitative estimate of drug-likeness (QED) is 0.450. The van der Waals surface area contributed by atoms with Gasteiger partial charge in [0.15, 0.2) is 0 Å². The highest BCUT2D eigenvalue weighted by molar-refractivity contribution is 6.04. The van der Waals surface area contributed by atoms with E-state index in [-0.39, 0.29) is 23.6 Å². The number of alkyl halides is 2. The molecule has 0 spiro atoms. The lowest BCUT2D eigenvalue weighted by molar-refractivity contribution is -0.131. The van der Waals surface area contributed by atoms with Gasteiger partial charge in [-0.1, -0.05) is 0 Å². The summed E-state index contributed by atoms with van der Waals surface area (Å²) in [5, 5.41) is 0. The van der Waals surface area contributed by atoms with E-state index < -0.39 is 5.92 Å². The first-order valence-electron chi connectivity index (χ1n) is 11.0. The first kappa shape index (κ1) is 20.0. The lowest BCUT2D eigenvalue weighted by Gasteiger charge is -2.48. The monoisotopic (exact) mass is 448 g/mol. The number of carbonyl (C=O) groups excluding carboxylic acids is 1. The van der Waals surface area contributed by atoms with Gasteiger partial charge in [0, 0.05) is 25.0 Å². The average Bonchev–Trinajstić information content (AvgIpc) is 3.25. The van der Waals surface area contributed by atoms with Crippen LogP contribution in [0, 0.1) is 18.8 Å². The number of amides is 1. The largest absolute Gasteiger partial charge is 0.345 e. The molecule has 6 rings (SSSR count). The zero-order valence-electron chi connectivity index (χ0n) is 18.2. The van der Waals surface area contributed by atoms with Gasteiger partial charge in [-0.3, -0.25) is 9.36 Å². The van der Waals surface area contributed by atoms with Crippen LogP contribution in [0.25, 0.3) is 16.9 Å². The topological polar surface area (TPSA) is 79.7 Å². The summed E-state index contributed by atoms with van der Waals surface area (Å²) in [6.07, 6.45) is 8.17.